The highest BCUT2D eigenvalue weighted by molar-refractivity contribution is 6.00. The lowest BCUT2D eigenvalue weighted by atomic mass is 9.95. The molecule has 0 heterocycles. The van der Waals surface area contributed by atoms with Crippen LogP contribution in [0, 0.1) is 16.7 Å². The number of hydrogen-bond donors (Lipinski definition) is 1. The Balaban J connectivity index is 2.04. The fourth-order valence-corrected chi connectivity index (χ4v) is 2.17. The van der Waals surface area contributed by atoms with E-state index < -0.39 is 11.5 Å². The number of rotatable bonds is 5. The van der Waals surface area contributed by atoms with Gasteiger partial charge in [0.15, 0.2) is 6.10 Å². The van der Waals surface area contributed by atoms with Crippen LogP contribution in [0.15, 0.2) is 48.5 Å². The minimum absolute atomic E-state index is 0.0920. The van der Waals surface area contributed by atoms with Crippen molar-refractivity contribution in [2.75, 3.05) is 5.32 Å². The molecule has 0 saturated heterocycles. The summed E-state index contributed by atoms with van der Waals surface area (Å²) in [4.78, 5) is 24.5. The van der Waals surface area contributed by atoms with E-state index in [1.807, 2.05) is 26.8 Å². The van der Waals surface area contributed by atoms with E-state index in [1.165, 1.54) is 0 Å². The van der Waals surface area contributed by atoms with Gasteiger partial charge in [-0.1, -0.05) is 26.8 Å². The van der Waals surface area contributed by atoms with Gasteiger partial charge in [0, 0.05) is 16.7 Å². The topological polar surface area (TPSA) is 79.2 Å². The van der Waals surface area contributed by atoms with Gasteiger partial charge in [0.05, 0.1) is 11.6 Å². The number of carbonyl (C=O) groups excluding carboxylic acids is 2. The minimum Gasteiger partial charge on any atom is -0.483 e. The van der Waals surface area contributed by atoms with Crippen molar-refractivity contribution < 1.29 is 14.3 Å². The second kappa shape index (κ2) is 7.83. The normalized spacial score (nSPS) is 12.0. The summed E-state index contributed by atoms with van der Waals surface area (Å²) in [5, 5.41) is 11.7. The monoisotopic (exact) mass is 350 g/mol. The van der Waals surface area contributed by atoms with Gasteiger partial charge < -0.3 is 10.1 Å². The molecular formula is C21H22N2O3. The summed E-state index contributed by atoms with van der Waals surface area (Å²) < 4.78 is 5.64. The summed E-state index contributed by atoms with van der Waals surface area (Å²) in [5.74, 6) is 0.200. The number of ketones is 1. The number of benzene rings is 2. The smallest absolute Gasteiger partial charge is 0.229 e. The molecule has 5 nitrogen and oxygen atoms in total. The van der Waals surface area contributed by atoms with Crippen LogP contribution in [0.25, 0.3) is 0 Å². The first-order valence-electron chi connectivity index (χ1n) is 8.33. The van der Waals surface area contributed by atoms with Crippen LogP contribution in [0.5, 0.6) is 5.75 Å². The van der Waals surface area contributed by atoms with Gasteiger partial charge in [0.1, 0.15) is 5.75 Å². The molecule has 0 radical (unpaired) electrons. The van der Waals surface area contributed by atoms with E-state index in [0.717, 1.165) is 0 Å². The molecule has 0 spiro atoms. The molecule has 2 aromatic carbocycles. The predicted molar refractivity (Wildman–Crippen MR) is 100 cm³/mol. The predicted octanol–water partition coefficient (Wildman–Crippen LogP) is 4.19. The Kier molecular flexibility index (Phi) is 5.78. The van der Waals surface area contributed by atoms with Crippen LogP contribution in [-0.4, -0.2) is 17.8 Å². The average molecular weight is 350 g/mol. The van der Waals surface area contributed by atoms with E-state index in [2.05, 4.69) is 5.32 Å². The van der Waals surface area contributed by atoms with E-state index in [4.69, 9.17) is 10.00 Å². The van der Waals surface area contributed by atoms with Gasteiger partial charge in [0.25, 0.3) is 0 Å². The number of nitrogens with zero attached hydrogens (tertiary/aromatic N) is 1. The van der Waals surface area contributed by atoms with Crippen molar-refractivity contribution in [1.82, 2.24) is 0 Å². The van der Waals surface area contributed by atoms with Gasteiger partial charge in [-0.3, -0.25) is 9.59 Å². The molecule has 1 atom stereocenters. The maximum absolute atomic E-state index is 12.5. The average Bonchev–Trinajstić information content (AvgIpc) is 2.61. The summed E-state index contributed by atoms with van der Waals surface area (Å²) >= 11 is 0. The third kappa shape index (κ3) is 4.93. The third-order valence-electron chi connectivity index (χ3n) is 3.75. The van der Waals surface area contributed by atoms with E-state index in [1.54, 1.807) is 55.5 Å². The summed E-state index contributed by atoms with van der Waals surface area (Å²) in [7, 11) is 0. The Hall–Kier alpha value is -3.13. The molecule has 2 aromatic rings. The summed E-state index contributed by atoms with van der Waals surface area (Å²) in [5.41, 5.74) is 1.11. The maximum Gasteiger partial charge on any atom is 0.229 e. The molecule has 1 amide bonds. The molecule has 26 heavy (non-hydrogen) atoms. The number of carbonyl (C=O) groups is 2. The lowest BCUT2D eigenvalue weighted by Crippen LogP contribution is -2.27. The van der Waals surface area contributed by atoms with Crippen LogP contribution in [0.3, 0.4) is 0 Å². The van der Waals surface area contributed by atoms with Gasteiger partial charge in [0.2, 0.25) is 11.7 Å². The molecule has 0 bridgehead atoms. The maximum atomic E-state index is 12.5. The minimum atomic E-state index is -0.695. The second-order valence-electron chi connectivity index (χ2n) is 7.05. The first-order chi connectivity index (χ1) is 12.2. The molecule has 0 aromatic heterocycles. The van der Waals surface area contributed by atoms with Gasteiger partial charge in [-0.25, -0.2) is 0 Å². The third-order valence-corrected chi connectivity index (χ3v) is 3.75. The van der Waals surface area contributed by atoms with Gasteiger partial charge in [-0.2, -0.15) is 5.26 Å². The van der Waals surface area contributed by atoms with Crippen molar-refractivity contribution in [3.8, 4) is 11.8 Å². The largest absolute Gasteiger partial charge is 0.483 e. The molecule has 0 aliphatic rings. The van der Waals surface area contributed by atoms with Crippen molar-refractivity contribution in [2.45, 2.75) is 33.8 Å². The molecule has 0 unspecified atom stereocenters. The number of Topliss-reactive ketones (excluding diaryl/α,β-unsaturated/α-hetero) is 1. The Bertz CT molecular complexity index is 843. The second-order valence-corrected chi connectivity index (χ2v) is 7.05. The van der Waals surface area contributed by atoms with Crippen molar-refractivity contribution >= 4 is 17.4 Å². The highest BCUT2D eigenvalue weighted by atomic mass is 16.5. The van der Waals surface area contributed by atoms with E-state index >= 15 is 0 Å². The van der Waals surface area contributed by atoms with Crippen LogP contribution in [0.4, 0.5) is 5.69 Å². The van der Waals surface area contributed by atoms with E-state index in [-0.39, 0.29) is 11.7 Å². The van der Waals surface area contributed by atoms with Crippen molar-refractivity contribution in [2.24, 2.45) is 5.41 Å². The molecular weight excluding hydrogens is 328 g/mol. The van der Waals surface area contributed by atoms with Crippen LogP contribution >= 0.6 is 0 Å². The van der Waals surface area contributed by atoms with Crippen molar-refractivity contribution in [3.63, 3.8) is 0 Å². The molecule has 0 fully saturated rings. The van der Waals surface area contributed by atoms with E-state index in [0.29, 0.717) is 22.6 Å². The number of anilines is 1. The quantitative estimate of drug-likeness (QED) is 0.820. The van der Waals surface area contributed by atoms with Crippen molar-refractivity contribution in [1.29, 1.82) is 5.26 Å². The molecule has 2 rings (SSSR count). The summed E-state index contributed by atoms with van der Waals surface area (Å²) in [6, 6.07) is 15.4. The molecule has 0 aliphatic carbocycles. The fraction of sp³-hybridized carbons (Fsp3) is 0.286. The number of hydrogen-bond acceptors (Lipinski definition) is 4. The number of nitriles is 1. The molecule has 5 heteroatoms. The number of amides is 1. The first kappa shape index (κ1) is 19.2. The zero-order valence-electron chi connectivity index (χ0n) is 15.4. The Labute approximate surface area is 153 Å². The zero-order valence-corrected chi connectivity index (χ0v) is 15.4. The summed E-state index contributed by atoms with van der Waals surface area (Å²) in [6.07, 6.45) is -0.695. The highest BCUT2D eigenvalue weighted by Gasteiger charge is 2.21. The van der Waals surface area contributed by atoms with Crippen LogP contribution in [-0.2, 0) is 4.79 Å². The lowest BCUT2D eigenvalue weighted by Gasteiger charge is -2.18. The van der Waals surface area contributed by atoms with E-state index in [9.17, 15) is 9.59 Å². The number of nitrogens with one attached hydrogen (secondary N) is 1. The van der Waals surface area contributed by atoms with Crippen LogP contribution in [0.2, 0.25) is 0 Å². The fourth-order valence-electron chi connectivity index (χ4n) is 2.17. The first-order valence-corrected chi connectivity index (χ1v) is 8.33. The Morgan fingerprint density at radius 2 is 1.77 bits per heavy atom. The highest BCUT2D eigenvalue weighted by Crippen LogP contribution is 2.19. The molecule has 0 saturated carbocycles. The van der Waals surface area contributed by atoms with Gasteiger partial charge in [-0.15, -0.1) is 0 Å². The van der Waals surface area contributed by atoms with Crippen LogP contribution in [0.1, 0.15) is 43.6 Å². The van der Waals surface area contributed by atoms with Gasteiger partial charge in [-0.05, 0) is 49.4 Å². The standard InChI is InChI=1S/C21H22N2O3/c1-14(26-18-7-5-6-15(12-18)13-22)19(24)16-8-10-17(11-9-16)23-20(25)21(2,3)4/h5-12,14H,1-4H3,(H,23,25)/t14-/m1/s1. The lowest BCUT2D eigenvalue weighted by molar-refractivity contribution is -0.123. The Morgan fingerprint density at radius 3 is 2.35 bits per heavy atom. The zero-order chi connectivity index (χ0) is 19.3. The molecule has 1 N–H and O–H groups in total. The Morgan fingerprint density at radius 1 is 1.12 bits per heavy atom. The summed E-state index contributed by atoms with van der Waals surface area (Å²) in [6.45, 7) is 7.17. The van der Waals surface area contributed by atoms with Crippen molar-refractivity contribution in [3.05, 3.63) is 59.7 Å². The van der Waals surface area contributed by atoms with Crippen LogP contribution < -0.4 is 10.1 Å². The SMILES string of the molecule is C[C@@H](Oc1cccc(C#N)c1)C(=O)c1ccc(NC(=O)C(C)(C)C)cc1. The molecule has 0 aliphatic heterocycles. The number of ether oxygens (including phenoxy) is 1. The van der Waals surface area contributed by atoms with Gasteiger partial charge >= 0.3 is 0 Å². The molecule has 134 valence electrons.